The number of thiocarbonyl (C=S) groups is 1. The monoisotopic (exact) mass is 176 g/mol. The fourth-order valence-corrected chi connectivity index (χ4v) is 1.35. The van der Waals surface area contributed by atoms with Crippen LogP contribution in [0.15, 0.2) is 30.5 Å². The number of aromatic nitrogens is 1. The molecular formula is C9H8N2S. The number of aromatic amines is 1. The quantitative estimate of drug-likeness (QED) is 0.688. The highest BCUT2D eigenvalue weighted by molar-refractivity contribution is 7.79. The summed E-state index contributed by atoms with van der Waals surface area (Å²) < 4.78 is 0. The van der Waals surface area contributed by atoms with Crippen LogP contribution in [0.2, 0.25) is 0 Å². The summed E-state index contributed by atoms with van der Waals surface area (Å²) >= 11 is 4.69. The largest absolute Gasteiger partial charge is 0.361 e. The van der Waals surface area contributed by atoms with Gasteiger partial charge in [0.2, 0.25) is 0 Å². The second kappa shape index (κ2) is 2.95. The lowest BCUT2D eigenvalue weighted by molar-refractivity contribution is 1.48. The van der Waals surface area contributed by atoms with Gasteiger partial charge in [0.05, 0.1) is 5.49 Å². The second-order valence-corrected chi connectivity index (χ2v) is 2.78. The van der Waals surface area contributed by atoms with Gasteiger partial charge in [-0.25, -0.2) is 0 Å². The number of nitrogens with one attached hydrogen (secondary N) is 2. The third-order valence-electron chi connectivity index (χ3n) is 1.78. The molecule has 2 aromatic rings. The first kappa shape index (κ1) is 7.31. The lowest BCUT2D eigenvalue weighted by Crippen LogP contribution is -1.90. The molecule has 1 aromatic carbocycles. The Kier molecular flexibility index (Phi) is 1.80. The van der Waals surface area contributed by atoms with E-state index >= 15 is 0 Å². The van der Waals surface area contributed by atoms with Crippen molar-refractivity contribution in [1.29, 1.82) is 0 Å². The molecule has 2 N–H and O–H groups in total. The van der Waals surface area contributed by atoms with Crippen LogP contribution in [0.4, 0.5) is 5.69 Å². The molecule has 3 heteroatoms. The Bertz CT molecular complexity index is 406. The van der Waals surface area contributed by atoms with Crippen molar-refractivity contribution in [1.82, 2.24) is 4.98 Å². The molecule has 1 heterocycles. The summed E-state index contributed by atoms with van der Waals surface area (Å²) in [7, 11) is 0. The van der Waals surface area contributed by atoms with E-state index in [1.165, 1.54) is 10.9 Å². The van der Waals surface area contributed by atoms with Crippen LogP contribution < -0.4 is 5.32 Å². The fourth-order valence-electron chi connectivity index (χ4n) is 1.21. The molecule has 0 saturated carbocycles. The van der Waals surface area contributed by atoms with Crippen molar-refractivity contribution in [3.8, 4) is 0 Å². The maximum absolute atomic E-state index is 4.69. The van der Waals surface area contributed by atoms with Crippen LogP contribution in [0.1, 0.15) is 0 Å². The van der Waals surface area contributed by atoms with Crippen molar-refractivity contribution in [3.63, 3.8) is 0 Å². The standard InChI is InChI=1S/C9H8N2S/c12-6-11-8-1-2-9-7(5-8)3-4-10-9/h1-6,10H,(H,11,12). The smallest absolute Gasteiger partial charge is 0.0658 e. The fraction of sp³-hybridized carbons (Fsp3) is 0. The molecule has 2 rings (SSSR count). The summed E-state index contributed by atoms with van der Waals surface area (Å²) in [4.78, 5) is 3.12. The number of H-pyrrole nitrogens is 1. The van der Waals surface area contributed by atoms with Gasteiger partial charge in [0.1, 0.15) is 0 Å². The minimum absolute atomic E-state index is 1.03. The summed E-state index contributed by atoms with van der Waals surface area (Å²) in [5, 5.41) is 4.16. The first-order valence-electron chi connectivity index (χ1n) is 3.67. The Morgan fingerprint density at radius 3 is 3.08 bits per heavy atom. The topological polar surface area (TPSA) is 27.8 Å². The molecule has 2 nitrogen and oxygen atoms in total. The molecule has 0 radical (unpaired) electrons. The predicted octanol–water partition coefficient (Wildman–Crippen LogP) is 2.54. The molecule has 0 bridgehead atoms. The van der Waals surface area contributed by atoms with Gasteiger partial charge < -0.3 is 10.3 Å². The van der Waals surface area contributed by atoms with Crippen molar-refractivity contribution in [2.24, 2.45) is 0 Å². The van der Waals surface area contributed by atoms with E-state index in [2.05, 4.69) is 16.4 Å². The van der Waals surface area contributed by atoms with Gasteiger partial charge in [0.25, 0.3) is 0 Å². The van der Waals surface area contributed by atoms with Gasteiger partial charge in [-0.2, -0.15) is 0 Å². The van der Waals surface area contributed by atoms with Gasteiger partial charge >= 0.3 is 0 Å². The number of hydrogen-bond donors (Lipinski definition) is 2. The number of fused-ring (bicyclic) bond motifs is 1. The lowest BCUT2D eigenvalue weighted by atomic mass is 10.2. The van der Waals surface area contributed by atoms with E-state index in [0.717, 1.165) is 11.2 Å². The van der Waals surface area contributed by atoms with Crippen LogP contribution in [0.3, 0.4) is 0 Å². The molecule has 0 fully saturated rings. The third-order valence-corrected chi connectivity index (χ3v) is 1.90. The minimum atomic E-state index is 1.03. The zero-order valence-electron chi connectivity index (χ0n) is 6.37. The van der Waals surface area contributed by atoms with Crippen molar-refractivity contribution in [2.45, 2.75) is 0 Å². The van der Waals surface area contributed by atoms with Gasteiger partial charge in [-0.3, -0.25) is 0 Å². The second-order valence-electron chi connectivity index (χ2n) is 2.54. The summed E-state index contributed by atoms with van der Waals surface area (Å²) in [6.07, 6.45) is 1.92. The molecule has 0 spiro atoms. The van der Waals surface area contributed by atoms with Crippen LogP contribution >= 0.6 is 12.2 Å². The molecule has 60 valence electrons. The summed E-state index contributed by atoms with van der Waals surface area (Å²) in [6.45, 7) is 0. The SMILES string of the molecule is S=CNc1ccc2[nH]ccc2c1. The van der Waals surface area contributed by atoms with E-state index in [-0.39, 0.29) is 0 Å². The summed E-state index contributed by atoms with van der Waals surface area (Å²) in [6, 6.07) is 8.09. The highest BCUT2D eigenvalue weighted by atomic mass is 32.1. The number of benzene rings is 1. The zero-order chi connectivity index (χ0) is 8.39. The maximum Gasteiger partial charge on any atom is 0.0658 e. The first-order chi connectivity index (χ1) is 5.90. The average molecular weight is 176 g/mol. The van der Waals surface area contributed by atoms with E-state index in [9.17, 15) is 0 Å². The molecule has 0 aliphatic rings. The normalized spacial score (nSPS) is 10.0. The molecule has 0 aliphatic carbocycles. The molecule has 12 heavy (non-hydrogen) atoms. The Hall–Kier alpha value is -1.35. The van der Waals surface area contributed by atoms with E-state index in [4.69, 9.17) is 12.2 Å². The van der Waals surface area contributed by atoms with E-state index < -0.39 is 0 Å². The average Bonchev–Trinajstić information content (AvgIpc) is 2.51. The van der Waals surface area contributed by atoms with Crippen molar-refractivity contribution < 1.29 is 0 Å². The van der Waals surface area contributed by atoms with Crippen LogP contribution in [-0.4, -0.2) is 10.5 Å². The first-order valence-corrected chi connectivity index (χ1v) is 4.14. The Labute approximate surface area is 75.6 Å². The van der Waals surface area contributed by atoms with Crippen LogP contribution in [0, 0.1) is 0 Å². The molecule has 0 aliphatic heterocycles. The maximum atomic E-state index is 4.69. The molecule has 0 atom stereocenters. The van der Waals surface area contributed by atoms with Gasteiger partial charge in [-0.1, -0.05) is 12.2 Å². The molecule has 0 amide bonds. The third kappa shape index (κ3) is 1.19. The molecular weight excluding hydrogens is 168 g/mol. The summed E-state index contributed by atoms with van der Waals surface area (Å²) in [5.41, 5.74) is 3.68. The van der Waals surface area contributed by atoms with Gasteiger partial charge in [-0.05, 0) is 24.3 Å². The Morgan fingerprint density at radius 1 is 1.33 bits per heavy atom. The van der Waals surface area contributed by atoms with Crippen molar-refractivity contribution in [2.75, 3.05) is 5.32 Å². The van der Waals surface area contributed by atoms with Gasteiger partial charge in [0.15, 0.2) is 0 Å². The molecule has 0 unspecified atom stereocenters. The van der Waals surface area contributed by atoms with E-state index in [1.807, 2.05) is 24.4 Å². The molecule has 1 aromatic heterocycles. The van der Waals surface area contributed by atoms with Gasteiger partial charge in [0, 0.05) is 22.8 Å². The summed E-state index contributed by atoms with van der Waals surface area (Å²) in [5.74, 6) is 0. The van der Waals surface area contributed by atoms with Crippen molar-refractivity contribution in [3.05, 3.63) is 30.5 Å². The highest BCUT2D eigenvalue weighted by Gasteiger charge is 1.94. The highest BCUT2D eigenvalue weighted by Crippen LogP contribution is 2.16. The Morgan fingerprint density at radius 2 is 2.25 bits per heavy atom. The lowest BCUT2D eigenvalue weighted by Gasteiger charge is -1.98. The van der Waals surface area contributed by atoms with Gasteiger partial charge in [-0.15, -0.1) is 0 Å². The predicted molar refractivity (Wildman–Crippen MR) is 55.6 cm³/mol. The Balaban J connectivity index is 2.52. The van der Waals surface area contributed by atoms with E-state index in [0.29, 0.717) is 0 Å². The number of anilines is 1. The minimum Gasteiger partial charge on any atom is -0.361 e. The number of rotatable bonds is 2. The van der Waals surface area contributed by atoms with Crippen LogP contribution in [0.25, 0.3) is 10.9 Å². The van der Waals surface area contributed by atoms with Crippen molar-refractivity contribution >= 4 is 34.3 Å². The van der Waals surface area contributed by atoms with Crippen LogP contribution in [-0.2, 0) is 0 Å². The zero-order valence-corrected chi connectivity index (χ0v) is 7.19. The van der Waals surface area contributed by atoms with E-state index in [1.54, 1.807) is 0 Å². The van der Waals surface area contributed by atoms with Crippen LogP contribution in [0.5, 0.6) is 0 Å². The number of hydrogen-bond acceptors (Lipinski definition) is 1. The molecule has 0 saturated heterocycles.